The highest BCUT2D eigenvalue weighted by atomic mass is 35.5. The van der Waals surface area contributed by atoms with E-state index in [0.717, 1.165) is 42.3 Å². The van der Waals surface area contributed by atoms with E-state index in [9.17, 15) is 0 Å². The molecule has 0 fully saturated rings. The molecule has 0 saturated heterocycles. The number of nitrogens with two attached hydrogens (primary N) is 1. The molecule has 0 bridgehead atoms. The number of aryl methyl sites for hydroxylation is 2. The average Bonchev–Trinajstić information content (AvgIpc) is 2.55. The molecule has 0 aliphatic carbocycles. The van der Waals surface area contributed by atoms with Gasteiger partial charge in [-0.1, -0.05) is 18.5 Å². The highest BCUT2D eigenvalue weighted by Crippen LogP contribution is 2.22. The number of nitrogens with zero attached hydrogens (tertiary/aromatic N) is 3. The number of likely N-dealkylation sites (N-methyl/N-ethyl adjacent to an activating group) is 1. The van der Waals surface area contributed by atoms with Gasteiger partial charge < -0.3 is 10.6 Å². The van der Waals surface area contributed by atoms with E-state index in [1.54, 1.807) is 0 Å². The minimum absolute atomic E-state index is 0.0919. The molecule has 1 aromatic rings. The summed E-state index contributed by atoms with van der Waals surface area (Å²) in [5.74, 6) is 0. The minimum atomic E-state index is 0.0919. The summed E-state index contributed by atoms with van der Waals surface area (Å²) >= 11 is 6.34. The van der Waals surface area contributed by atoms with Crippen molar-refractivity contribution in [2.45, 2.75) is 39.3 Å². The van der Waals surface area contributed by atoms with Crippen molar-refractivity contribution < 1.29 is 0 Å². The summed E-state index contributed by atoms with van der Waals surface area (Å²) in [7, 11) is 4.05. The molecule has 0 aromatic carbocycles. The second-order valence-electron chi connectivity index (χ2n) is 4.60. The van der Waals surface area contributed by atoms with Crippen LogP contribution >= 0.6 is 11.6 Å². The Morgan fingerprint density at radius 2 is 2.06 bits per heavy atom. The summed E-state index contributed by atoms with van der Waals surface area (Å²) in [6.45, 7) is 5.83. The lowest BCUT2D eigenvalue weighted by Gasteiger charge is -2.17. The minimum Gasteiger partial charge on any atom is -0.326 e. The van der Waals surface area contributed by atoms with Crippen LogP contribution in [0.25, 0.3) is 0 Å². The van der Waals surface area contributed by atoms with E-state index >= 15 is 0 Å². The van der Waals surface area contributed by atoms with Crippen LogP contribution in [0.5, 0.6) is 0 Å². The summed E-state index contributed by atoms with van der Waals surface area (Å²) in [6.07, 6.45) is 1.64. The fourth-order valence-corrected chi connectivity index (χ4v) is 2.34. The smallest absolute Gasteiger partial charge is 0.0850 e. The van der Waals surface area contributed by atoms with E-state index < -0.39 is 0 Å². The fourth-order valence-electron chi connectivity index (χ4n) is 1.99. The number of aromatic nitrogens is 2. The second kappa shape index (κ2) is 6.38. The maximum atomic E-state index is 6.34. The molecule has 0 aliphatic rings. The lowest BCUT2D eigenvalue weighted by Crippen LogP contribution is -2.35. The summed E-state index contributed by atoms with van der Waals surface area (Å²) in [5.41, 5.74) is 8.15. The van der Waals surface area contributed by atoms with Crippen molar-refractivity contribution in [1.29, 1.82) is 0 Å². The van der Waals surface area contributed by atoms with Gasteiger partial charge in [0.2, 0.25) is 0 Å². The van der Waals surface area contributed by atoms with Crippen LogP contribution in [0.15, 0.2) is 0 Å². The van der Waals surface area contributed by atoms with E-state index in [2.05, 4.69) is 23.8 Å². The zero-order valence-corrected chi connectivity index (χ0v) is 12.0. The predicted octanol–water partition coefficient (Wildman–Crippen LogP) is 1.55. The molecule has 1 unspecified atom stereocenters. The molecule has 0 spiro atoms. The zero-order chi connectivity index (χ0) is 13.0. The molecule has 4 nitrogen and oxygen atoms in total. The Bertz CT molecular complexity index is 360. The van der Waals surface area contributed by atoms with Crippen LogP contribution in [-0.2, 0) is 19.4 Å². The van der Waals surface area contributed by atoms with Gasteiger partial charge in [-0.15, -0.1) is 0 Å². The molecule has 0 saturated carbocycles. The lowest BCUT2D eigenvalue weighted by molar-refractivity contribution is 0.367. The molecular weight excluding hydrogens is 236 g/mol. The van der Waals surface area contributed by atoms with Crippen LogP contribution in [0.4, 0.5) is 0 Å². The topological polar surface area (TPSA) is 47.1 Å². The van der Waals surface area contributed by atoms with Gasteiger partial charge in [0.25, 0.3) is 0 Å². The quantitative estimate of drug-likeness (QED) is 0.842. The van der Waals surface area contributed by atoms with Crippen LogP contribution in [0, 0.1) is 0 Å². The van der Waals surface area contributed by atoms with Gasteiger partial charge in [0.1, 0.15) is 0 Å². The molecule has 1 heterocycles. The zero-order valence-electron chi connectivity index (χ0n) is 11.2. The molecule has 2 N–H and O–H groups in total. The fraction of sp³-hybridized carbons (Fsp3) is 0.750. The number of halogens is 1. The van der Waals surface area contributed by atoms with Crippen LogP contribution < -0.4 is 5.73 Å². The van der Waals surface area contributed by atoms with Gasteiger partial charge in [0, 0.05) is 25.6 Å². The molecule has 1 rings (SSSR count). The predicted molar refractivity (Wildman–Crippen MR) is 72.5 cm³/mol. The van der Waals surface area contributed by atoms with E-state index in [1.165, 1.54) is 0 Å². The van der Waals surface area contributed by atoms with Crippen molar-refractivity contribution in [2.24, 2.45) is 5.73 Å². The standard InChI is InChI=1S/C12H23ClN4/c1-5-10-12(13)11(17(6-2)15-10)7-9(14)8-16(3)4/h9H,5-8,14H2,1-4H3. The largest absolute Gasteiger partial charge is 0.326 e. The Morgan fingerprint density at radius 1 is 1.41 bits per heavy atom. The number of hydrogen-bond donors (Lipinski definition) is 1. The maximum absolute atomic E-state index is 6.34. The Morgan fingerprint density at radius 3 is 2.53 bits per heavy atom. The molecule has 1 aromatic heterocycles. The molecule has 17 heavy (non-hydrogen) atoms. The van der Waals surface area contributed by atoms with Crippen LogP contribution in [0.3, 0.4) is 0 Å². The highest BCUT2D eigenvalue weighted by Gasteiger charge is 2.17. The van der Waals surface area contributed by atoms with E-state index in [0.29, 0.717) is 0 Å². The summed E-state index contributed by atoms with van der Waals surface area (Å²) < 4.78 is 1.97. The summed E-state index contributed by atoms with van der Waals surface area (Å²) in [4.78, 5) is 2.09. The third-order valence-electron chi connectivity index (χ3n) is 2.75. The van der Waals surface area contributed by atoms with E-state index in [-0.39, 0.29) is 6.04 Å². The van der Waals surface area contributed by atoms with Gasteiger partial charge in [-0.3, -0.25) is 4.68 Å². The lowest BCUT2D eigenvalue weighted by atomic mass is 10.1. The van der Waals surface area contributed by atoms with Crippen molar-refractivity contribution in [1.82, 2.24) is 14.7 Å². The van der Waals surface area contributed by atoms with Crippen LogP contribution in [0.1, 0.15) is 25.2 Å². The van der Waals surface area contributed by atoms with E-state index in [4.69, 9.17) is 17.3 Å². The SMILES string of the molecule is CCc1nn(CC)c(CC(N)CN(C)C)c1Cl. The number of hydrogen-bond acceptors (Lipinski definition) is 3. The molecule has 0 radical (unpaired) electrons. The number of rotatable bonds is 6. The average molecular weight is 259 g/mol. The third-order valence-corrected chi connectivity index (χ3v) is 3.19. The van der Waals surface area contributed by atoms with Gasteiger partial charge in [-0.25, -0.2) is 0 Å². The Balaban J connectivity index is 2.85. The summed E-state index contributed by atoms with van der Waals surface area (Å²) in [6, 6.07) is 0.0919. The molecule has 0 aliphatic heterocycles. The van der Waals surface area contributed by atoms with Gasteiger partial charge in [0.05, 0.1) is 16.4 Å². The first-order chi connectivity index (χ1) is 7.99. The van der Waals surface area contributed by atoms with Crippen LogP contribution in [0.2, 0.25) is 5.02 Å². The van der Waals surface area contributed by atoms with E-state index in [1.807, 2.05) is 18.8 Å². The highest BCUT2D eigenvalue weighted by molar-refractivity contribution is 6.31. The molecule has 0 amide bonds. The van der Waals surface area contributed by atoms with Crippen molar-refractivity contribution in [3.63, 3.8) is 0 Å². The third kappa shape index (κ3) is 3.69. The van der Waals surface area contributed by atoms with Crippen LogP contribution in [-0.4, -0.2) is 41.4 Å². The second-order valence-corrected chi connectivity index (χ2v) is 4.98. The Hall–Kier alpha value is -0.580. The van der Waals surface area contributed by atoms with Crippen molar-refractivity contribution in [3.05, 3.63) is 16.4 Å². The first kappa shape index (κ1) is 14.5. The first-order valence-electron chi connectivity index (χ1n) is 6.13. The van der Waals surface area contributed by atoms with Gasteiger partial charge in [0.15, 0.2) is 0 Å². The molecule has 5 heteroatoms. The molecule has 1 atom stereocenters. The Kier molecular flexibility index (Phi) is 5.43. The Labute approximate surface area is 109 Å². The van der Waals surface area contributed by atoms with Gasteiger partial charge in [-0.2, -0.15) is 5.10 Å². The first-order valence-corrected chi connectivity index (χ1v) is 6.51. The summed E-state index contributed by atoms with van der Waals surface area (Å²) in [5, 5.41) is 5.29. The molecular formula is C12H23ClN4. The van der Waals surface area contributed by atoms with Crippen molar-refractivity contribution in [2.75, 3.05) is 20.6 Å². The monoisotopic (exact) mass is 258 g/mol. The van der Waals surface area contributed by atoms with Gasteiger partial charge >= 0.3 is 0 Å². The normalized spacial score (nSPS) is 13.4. The van der Waals surface area contributed by atoms with Crippen molar-refractivity contribution >= 4 is 11.6 Å². The maximum Gasteiger partial charge on any atom is 0.0850 e. The van der Waals surface area contributed by atoms with Gasteiger partial charge in [-0.05, 0) is 27.4 Å². The van der Waals surface area contributed by atoms with Crippen molar-refractivity contribution in [3.8, 4) is 0 Å². The molecule has 98 valence electrons.